The molecule has 0 N–H and O–H groups in total. The first kappa shape index (κ1) is 23.3. The molecule has 2 aromatic carbocycles. The van der Waals surface area contributed by atoms with Crippen LogP contribution in [0, 0.1) is 11.3 Å². The Hall–Kier alpha value is -2.02. The van der Waals surface area contributed by atoms with E-state index in [1.54, 1.807) is 0 Å². The number of nitriles is 1. The maximum absolute atomic E-state index is 10.5. The summed E-state index contributed by atoms with van der Waals surface area (Å²) in [4.78, 5) is 4.86. The van der Waals surface area contributed by atoms with Crippen molar-refractivity contribution in [2.75, 3.05) is 18.0 Å². The summed E-state index contributed by atoms with van der Waals surface area (Å²) in [5.74, 6) is 0. The Morgan fingerprint density at radius 1 is 1.00 bits per heavy atom. The third kappa shape index (κ3) is 4.44. The largest absolute Gasteiger partial charge is 0.341 e. The summed E-state index contributed by atoms with van der Waals surface area (Å²) in [6.45, 7) is 13.0. The third-order valence-electron chi connectivity index (χ3n) is 6.14. The lowest BCUT2D eigenvalue weighted by atomic mass is 9.74. The molecule has 4 heteroatoms. The SMILES string of the molecule is CCN1c2ccccc2CC(C#N)(CCN(C(C)C)C(C)C)c2ccccc21.Cl. The van der Waals surface area contributed by atoms with E-state index in [0.29, 0.717) is 12.1 Å². The number of hydrogen-bond donors (Lipinski definition) is 0. The van der Waals surface area contributed by atoms with Crippen LogP contribution in [0.3, 0.4) is 0 Å². The van der Waals surface area contributed by atoms with Crippen molar-refractivity contribution < 1.29 is 0 Å². The van der Waals surface area contributed by atoms with E-state index in [9.17, 15) is 5.26 Å². The first-order valence-electron chi connectivity index (χ1n) is 10.6. The number of anilines is 2. The van der Waals surface area contributed by atoms with Gasteiger partial charge in [-0.1, -0.05) is 36.4 Å². The van der Waals surface area contributed by atoms with Crippen molar-refractivity contribution in [3.05, 3.63) is 59.7 Å². The number of para-hydroxylation sites is 2. The number of benzene rings is 2. The molecule has 156 valence electrons. The topological polar surface area (TPSA) is 30.3 Å². The van der Waals surface area contributed by atoms with Crippen LogP contribution in [0.5, 0.6) is 0 Å². The number of rotatable bonds is 6. The molecule has 0 spiro atoms. The maximum Gasteiger partial charge on any atom is 0.0895 e. The minimum Gasteiger partial charge on any atom is -0.341 e. The first-order valence-corrected chi connectivity index (χ1v) is 10.6. The second kappa shape index (κ2) is 9.65. The molecular weight excluding hydrogens is 378 g/mol. The van der Waals surface area contributed by atoms with Gasteiger partial charge in [-0.05, 0) is 70.7 Å². The van der Waals surface area contributed by atoms with Gasteiger partial charge < -0.3 is 4.90 Å². The van der Waals surface area contributed by atoms with Crippen LogP contribution in [0.4, 0.5) is 11.4 Å². The van der Waals surface area contributed by atoms with Gasteiger partial charge in [-0.15, -0.1) is 12.4 Å². The molecule has 0 aromatic heterocycles. The van der Waals surface area contributed by atoms with Crippen LogP contribution < -0.4 is 4.90 Å². The van der Waals surface area contributed by atoms with E-state index in [4.69, 9.17) is 0 Å². The lowest BCUT2D eigenvalue weighted by molar-refractivity contribution is 0.162. The van der Waals surface area contributed by atoms with Crippen molar-refractivity contribution >= 4 is 23.8 Å². The minimum absolute atomic E-state index is 0. The van der Waals surface area contributed by atoms with E-state index in [1.807, 2.05) is 0 Å². The summed E-state index contributed by atoms with van der Waals surface area (Å²) in [6.07, 6.45) is 1.60. The van der Waals surface area contributed by atoms with Crippen molar-refractivity contribution in [3.8, 4) is 6.07 Å². The van der Waals surface area contributed by atoms with E-state index >= 15 is 0 Å². The van der Waals surface area contributed by atoms with Gasteiger partial charge in [0.05, 0.1) is 11.5 Å². The zero-order chi connectivity index (χ0) is 20.3. The Kier molecular flexibility index (Phi) is 7.74. The smallest absolute Gasteiger partial charge is 0.0895 e. The van der Waals surface area contributed by atoms with Gasteiger partial charge >= 0.3 is 0 Å². The molecule has 3 nitrogen and oxygen atoms in total. The molecule has 0 saturated heterocycles. The fraction of sp³-hybridized carbons (Fsp3) is 0.480. The predicted octanol–water partition coefficient (Wildman–Crippen LogP) is 6.09. The lowest BCUT2D eigenvalue weighted by Crippen LogP contribution is -2.41. The van der Waals surface area contributed by atoms with E-state index in [0.717, 1.165) is 25.9 Å². The highest BCUT2D eigenvalue weighted by Gasteiger charge is 2.39. The van der Waals surface area contributed by atoms with Crippen LogP contribution in [0.2, 0.25) is 0 Å². The van der Waals surface area contributed by atoms with Gasteiger partial charge in [0, 0.05) is 36.5 Å². The van der Waals surface area contributed by atoms with Crippen molar-refractivity contribution in [1.29, 1.82) is 5.26 Å². The lowest BCUT2D eigenvalue weighted by Gasteiger charge is -2.35. The Bertz CT molecular complexity index is 847. The zero-order valence-corrected chi connectivity index (χ0v) is 19.2. The summed E-state index contributed by atoms with van der Waals surface area (Å²) >= 11 is 0. The Morgan fingerprint density at radius 3 is 2.17 bits per heavy atom. The van der Waals surface area contributed by atoms with Gasteiger partial charge in [0.1, 0.15) is 0 Å². The molecule has 0 aliphatic carbocycles. The molecule has 0 amide bonds. The summed E-state index contributed by atoms with van der Waals surface area (Å²) < 4.78 is 0. The molecule has 0 bridgehead atoms. The summed E-state index contributed by atoms with van der Waals surface area (Å²) in [5, 5.41) is 10.5. The second-order valence-corrected chi connectivity index (χ2v) is 8.44. The molecule has 1 aliphatic heterocycles. The average Bonchev–Trinajstić information content (AvgIpc) is 2.80. The molecule has 0 fully saturated rings. The molecule has 1 heterocycles. The van der Waals surface area contributed by atoms with Crippen LogP contribution in [-0.2, 0) is 11.8 Å². The van der Waals surface area contributed by atoms with Crippen LogP contribution in [0.15, 0.2) is 48.5 Å². The number of fused-ring (bicyclic) bond motifs is 2. The molecular formula is C25H34ClN3. The van der Waals surface area contributed by atoms with Crippen LogP contribution >= 0.6 is 12.4 Å². The highest BCUT2D eigenvalue weighted by atomic mass is 35.5. The molecule has 1 aliphatic rings. The molecule has 1 unspecified atom stereocenters. The fourth-order valence-corrected chi connectivity index (χ4v) is 4.74. The highest BCUT2D eigenvalue weighted by molar-refractivity contribution is 5.85. The number of halogens is 1. The molecule has 0 saturated carbocycles. The Morgan fingerprint density at radius 2 is 1.59 bits per heavy atom. The quantitative estimate of drug-likeness (QED) is 0.575. The van der Waals surface area contributed by atoms with Gasteiger partial charge in [0.2, 0.25) is 0 Å². The Labute approximate surface area is 182 Å². The predicted molar refractivity (Wildman–Crippen MR) is 125 cm³/mol. The van der Waals surface area contributed by atoms with E-state index < -0.39 is 5.41 Å². The second-order valence-electron chi connectivity index (χ2n) is 8.44. The summed E-state index contributed by atoms with van der Waals surface area (Å²) in [5.41, 5.74) is 4.33. The summed E-state index contributed by atoms with van der Waals surface area (Å²) in [6, 6.07) is 20.8. The van der Waals surface area contributed by atoms with Crippen LogP contribution in [-0.4, -0.2) is 30.1 Å². The van der Waals surface area contributed by atoms with Gasteiger partial charge in [-0.3, -0.25) is 4.90 Å². The average molecular weight is 412 g/mol. The van der Waals surface area contributed by atoms with E-state index in [-0.39, 0.29) is 12.4 Å². The van der Waals surface area contributed by atoms with Crippen molar-refractivity contribution in [1.82, 2.24) is 4.90 Å². The van der Waals surface area contributed by atoms with Gasteiger partial charge in [0.25, 0.3) is 0 Å². The normalized spacial score (nSPS) is 18.1. The van der Waals surface area contributed by atoms with Crippen molar-refractivity contribution in [2.45, 2.75) is 65.0 Å². The maximum atomic E-state index is 10.5. The van der Waals surface area contributed by atoms with Crippen LogP contribution in [0.25, 0.3) is 0 Å². The minimum atomic E-state index is -0.515. The fourth-order valence-electron chi connectivity index (χ4n) is 4.74. The molecule has 29 heavy (non-hydrogen) atoms. The van der Waals surface area contributed by atoms with Crippen molar-refractivity contribution in [3.63, 3.8) is 0 Å². The standard InChI is InChI=1S/C25H33N3.ClH/c1-6-27-23-13-9-7-11-21(23)17-25(18-26,22-12-8-10-14-24(22)27)15-16-28(19(2)3)20(4)5;/h7-14,19-20H,6,15-17H2,1-5H3;1H. The van der Waals surface area contributed by atoms with E-state index in [1.165, 1.54) is 22.5 Å². The molecule has 0 radical (unpaired) electrons. The van der Waals surface area contributed by atoms with E-state index in [2.05, 4.69) is 99.0 Å². The number of hydrogen-bond acceptors (Lipinski definition) is 3. The zero-order valence-electron chi connectivity index (χ0n) is 18.4. The summed E-state index contributed by atoms with van der Waals surface area (Å²) in [7, 11) is 0. The van der Waals surface area contributed by atoms with Gasteiger partial charge in [-0.25, -0.2) is 0 Å². The highest BCUT2D eigenvalue weighted by Crippen LogP contribution is 2.45. The first-order chi connectivity index (χ1) is 13.4. The molecule has 3 rings (SSSR count). The Balaban J connectivity index is 0.00000300. The third-order valence-corrected chi connectivity index (χ3v) is 6.14. The van der Waals surface area contributed by atoms with Crippen molar-refractivity contribution in [2.24, 2.45) is 0 Å². The molecule has 1 atom stereocenters. The van der Waals surface area contributed by atoms with Gasteiger partial charge in [0.15, 0.2) is 0 Å². The monoisotopic (exact) mass is 411 g/mol. The van der Waals surface area contributed by atoms with Crippen LogP contribution in [0.1, 0.15) is 52.2 Å². The molecule has 2 aromatic rings. The van der Waals surface area contributed by atoms with Gasteiger partial charge in [-0.2, -0.15) is 5.26 Å². The number of nitrogens with zero attached hydrogens (tertiary/aromatic N) is 3.